The van der Waals surface area contributed by atoms with Gasteiger partial charge in [0, 0.05) is 74.3 Å². The molecular weight excluding hydrogens is 1310 g/mol. The maximum Gasteiger partial charge on any atom is 0.416 e. The molecule has 24 nitrogen and oxygen atoms in total. The average molecular weight is 1360 g/mol. The second-order valence-electron chi connectivity index (χ2n) is 19.7. The number of benzene rings is 3. The molecule has 35 heteroatoms. The van der Waals surface area contributed by atoms with E-state index in [0.717, 1.165) is 120 Å². The number of hydrazine groups is 4. The van der Waals surface area contributed by atoms with E-state index in [1.54, 1.807) is 0 Å². The second-order valence-corrected chi connectivity index (χ2v) is 20.3. The number of carbonyl (C=O) groups is 11. The van der Waals surface area contributed by atoms with Crippen LogP contribution in [-0.2, 0) is 61.6 Å². The monoisotopic (exact) mass is 1360 g/mol. The molecule has 2 bridgehead atoms. The van der Waals surface area contributed by atoms with Crippen LogP contribution in [0, 0.1) is 35.5 Å². The summed E-state index contributed by atoms with van der Waals surface area (Å²) < 4.78 is 116. The highest BCUT2D eigenvalue weighted by molar-refractivity contribution is 7.13. The first-order chi connectivity index (χ1) is 44.1. The first-order valence-corrected chi connectivity index (χ1v) is 27.8. The molecular formula is C59H53F9N10O14P2. The Kier molecular flexibility index (Phi) is 26.0. The van der Waals surface area contributed by atoms with Gasteiger partial charge >= 0.3 is 30.5 Å². The van der Waals surface area contributed by atoms with Crippen molar-refractivity contribution in [3.63, 3.8) is 0 Å². The molecule has 3 fully saturated rings. The van der Waals surface area contributed by atoms with Crippen LogP contribution in [0.15, 0.2) is 175 Å². The Morgan fingerprint density at radius 3 is 1.18 bits per heavy atom. The Labute approximate surface area is 530 Å². The SMILES string of the molecule is C1=CC=CCC=C1.CC(=O)c1ccc(C(F)(F)F)cc1.NN1C(=O)C=CC1=O.NNP.O=C(NN1C(=O)C=CC1=O)c1ccc(C(F)(F)F)cc1.O=C(NN1C(=O)[C@@H]2C3C=CC([C@H]4C[C@@H]34)[C@@H]2C1=O)c1ccc(C(F)(F)F)cc1.O=C1C=CC(=O)O1.Oc1ccc(O)n1N=P. The fraction of sp³-hybridized carbons (Fsp3) is 0.203. The second kappa shape index (κ2) is 32.8. The number of cyclic esters (lactones) is 2. The van der Waals surface area contributed by atoms with E-state index in [9.17, 15) is 92.3 Å². The number of carbonyl (C=O) groups excluding carboxylic acids is 11. The molecule has 9 N–H and O–H groups in total. The Morgan fingerprint density at radius 2 is 0.894 bits per heavy atom. The van der Waals surface area contributed by atoms with Gasteiger partial charge in [-0.25, -0.2) is 25.6 Å². The van der Waals surface area contributed by atoms with Crippen molar-refractivity contribution in [1.29, 1.82) is 0 Å². The number of hydrogen-bond donors (Lipinski definition) is 7. The highest BCUT2D eigenvalue weighted by atomic mass is 31.0. The number of aromatic nitrogens is 1. The summed E-state index contributed by atoms with van der Waals surface area (Å²) in [7, 11) is 4.86. The summed E-state index contributed by atoms with van der Waals surface area (Å²) in [6.45, 7) is 1.31. The van der Waals surface area contributed by atoms with Crippen molar-refractivity contribution in [3.8, 4) is 11.8 Å². The van der Waals surface area contributed by atoms with Crippen LogP contribution in [-0.4, -0.2) is 94.9 Å². The summed E-state index contributed by atoms with van der Waals surface area (Å²) in [5.41, 5.74) is 1.91. The molecule has 1 aromatic heterocycles. The quantitative estimate of drug-likeness (QED) is 0.00952. The van der Waals surface area contributed by atoms with Gasteiger partial charge in [-0.2, -0.15) is 54.2 Å². The van der Waals surface area contributed by atoms with E-state index in [1.165, 1.54) is 31.2 Å². The standard InChI is InChI=1S/C19H15F3N2O3.C12H7F3N2O3.C9H7F3O.C7H8.C4H5N2O2P.C4H4N2O2.C4H2O3.H5N2P/c20-19(21,22)9-3-1-8(2-4-9)16(25)23-24-17(26)14-10-5-6-11(13-7-12(10)13)15(14)18(24)27;13-12(14,15)8-3-1-7(2-4-8)11(20)16-17-9(18)5-6-10(17)19;1-6(13)7-2-4-8(5-3-7)9(10,11)12;1-2-4-6-7-5-3-1;7-3-1-2-4(8)6(3)5-9;5-6-3(7)1-2-4(6)8;5-3-1-2-4(6)7-3;1-2-3/h1-6,10-15H,7H2,(H,23,25);1-6H,(H,16,20);2-5H,1H3;1-6H,7H2;1-2,7-9H;1-2H,5H2;1-2H;2H,1,3H2/t10?,11?,12-,13+,14+,15-;;;;;;;. The lowest BCUT2D eigenvalue weighted by Crippen LogP contribution is -2.46. The molecule has 8 amide bonds. The molecule has 9 aliphatic rings. The van der Waals surface area contributed by atoms with Crippen molar-refractivity contribution in [1.82, 2.24) is 35.8 Å². The van der Waals surface area contributed by atoms with Crippen LogP contribution in [0.25, 0.3) is 0 Å². The van der Waals surface area contributed by atoms with Crippen molar-refractivity contribution in [2.45, 2.75) is 38.3 Å². The molecule has 0 spiro atoms. The third-order valence-corrected chi connectivity index (χ3v) is 13.9. The van der Waals surface area contributed by atoms with E-state index in [-0.39, 0.29) is 46.1 Å². The zero-order valence-corrected chi connectivity index (χ0v) is 50.4. The van der Waals surface area contributed by atoms with Crippen molar-refractivity contribution in [3.05, 3.63) is 203 Å². The van der Waals surface area contributed by atoms with Gasteiger partial charge in [0.15, 0.2) is 5.78 Å². The number of hydrogen-bond acceptors (Lipinski definition) is 18. The number of Topliss-reactive ketones (excluding diaryl/α,β-unsaturated/α-hetero) is 1. The van der Waals surface area contributed by atoms with Crippen LogP contribution in [0.3, 0.4) is 0 Å². The van der Waals surface area contributed by atoms with Crippen LogP contribution < -0.4 is 27.7 Å². The van der Waals surface area contributed by atoms with Gasteiger partial charge in [-0.15, -0.1) is 4.85 Å². The fourth-order valence-corrected chi connectivity index (χ4v) is 9.38. The predicted octanol–water partition coefficient (Wildman–Crippen LogP) is 7.28. The zero-order chi connectivity index (χ0) is 70.0. The van der Waals surface area contributed by atoms with Gasteiger partial charge in [-0.1, -0.05) is 70.1 Å². The number of nitrogens with one attached hydrogen (secondary N) is 3. The average Bonchev–Trinajstić information content (AvgIpc) is 1.53. The minimum absolute atomic E-state index is 0.0365. The number of imide groups is 3. The fourth-order valence-electron chi connectivity index (χ4n) is 9.17. The van der Waals surface area contributed by atoms with Gasteiger partial charge in [0.1, 0.15) is 0 Å². The summed E-state index contributed by atoms with van der Waals surface area (Å²) in [4.78, 5) is 126. The third kappa shape index (κ3) is 20.3. The molecule has 4 aromatic rings. The minimum atomic E-state index is -4.50. The number of amides is 8. The van der Waals surface area contributed by atoms with E-state index in [1.807, 2.05) is 29.7 Å². The van der Waals surface area contributed by atoms with Crippen molar-refractivity contribution >= 4 is 83.4 Å². The van der Waals surface area contributed by atoms with Gasteiger partial charge in [-0.05, 0) is 104 Å². The highest BCUT2D eigenvalue weighted by Gasteiger charge is 2.67. The Hall–Kier alpha value is -10.3. The third-order valence-electron chi connectivity index (χ3n) is 13.7. The molecule has 7 atom stereocenters. The molecule has 3 unspecified atom stereocenters. The Morgan fingerprint density at radius 1 is 0.553 bits per heavy atom. The maximum atomic E-state index is 12.8. The van der Waals surface area contributed by atoms with E-state index < -0.39 is 106 Å². The lowest BCUT2D eigenvalue weighted by molar-refractivity contribution is -0.150. The molecule has 2 saturated carbocycles. The number of nitrogens with zero attached hydrogens (tertiary/aromatic N) is 5. The molecule has 1 saturated heterocycles. The Balaban J connectivity index is 0.000000210. The molecule has 5 heterocycles. The predicted molar refractivity (Wildman–Crippen MR) is 315 cm³/mol. The zero-order valence-electron chi connectivity index (χ0n) is 48.2. The van der Waals surface area contributed by atoms with Gasteiger partial charge < -0.3 is 14.9 Å². The number of allylic oxidation sites excluding steroid dienone is 8. The number of esters is 2. The largest absolute Gasteiger partial charge is 0.493 e. The molecule has 94 heavy (non-hydrogen) atoms. The van der Waals surface area contributed by atoms with E-state index in [4.69, 9.17) is 16.1 Å². The highest BCUT2D eigenvalue weighted by Crippen LogP contribution is 2.65. The van der Waals surface area contributed by atoms with Gasteiger partial charge in [0.2, 0.25) is 11.8 Å². The van der Waals surface area contributed by atoms with E-state index in [0.29, 0.717) is 21.9 Å². The van der Waals surface area contributed by atoms with Crippen LogP contribution in [0.1, 0.15) is 67.5 Å². The van der Waals surface area contributed by atoms with E-state index >= 15 is 0 Å². The number of alkyl halides is 9. The molecule has 13 rings (SSSR count). The molecule has 0 radical (unpaired) electrons. The van der Waals surface area contributed by atoms with Crippen molar-refractivity contribution in [2.24, 2.45) is 52.0 Å². The van der Waals surface area contributed by atoms with Crippen LogP contribution in [0.4, 0.5) is 39.5 Å². The van der Waals surface area contributed by atoms with Crippen LogP contribution in [0.5, 0.6) is 11.8 Å². The van der Waals surface area contributed by atoms with Crippen molar-refractivity contribution in [2.75, 3.05) is 0 Å². The maximum absolute atomic E-state index is 12.8. The normalized spacial score (nSPS) is 20.3. The lowest BCUT2D eigenvalue weighted by atomic mass is 9.63. The van der Waals surface area contributed by atoms with Gasteiger partial charge in [-0.3, -0.25) is 59.8 Å². The first kappa shape index (κ1) is 74.4. The summed E-state index contributed by atoms with van der Waals surface area (Å²) in [6.07, 6.45) is 11.6. The summed E-state index contributed by atoms with van der Waals surface area (Å²) in [5, 5.41) is 21.6. The number of ether oxygens (including phenoxy) is 1. The number of ketones is 1. The molecule has 496 valence electrons. The van der Waals surface area contributed by atoms with Crippen LogP contribution in [0.2, 0.25) is 0 Å². The molecule has 5 aliphatic carbocycles. The summed E-state index contributed by atoms with van der Waals surface area (Å²) >= 11 is 0. The van der Waals surface area contributed by atoms with Crippen LogP contribution >= 0.6 is 18.4 Å². The van der Waals surface area contributed by atoms with Gasteiger partial charge in [0.25, 0.3) is 47.3 Å². The molecule has 4 aliphatic heterocycles. The smallest absolute Gasteiger partial charge is 0.416 e. The number of aromatic hydroxyl groups is 2. The minimum Gasteiger partial charge on any atom is -0.493 e. The van der Waals surface area contributed by atoms with E-state index in [2.05, 4.69) is 68.8 Å². The Bertz CT molecular complexity index is 3650. The summed E-state index contributed by atoms with van der Waals surface area (Å²) in [5.74, 6) is 3.06. The number of halogens is 9. The van der Waals surface area contributed by atoms with Gasteiger partial charge in [0.05, 0.1) is 28.5 Å². The lowest BCUT2D eigenvalue weighted by Gasteiger charge is -2.37. The van der Waals surface area contributed by atoms with Crippen molar-refractivity contribution < 1.29 is 107 Å². The molecule has 3 aromatic carbocycles. The topological polar surface area (TPSA) is 353 Å². The number of rotatable bonds is 6. The first-order valence-electron chi connectivity index (χ1n) is 26.8. The number of nitrogens with two attached hydrogens (primary N) is 2. The summed E-state index contributed by atoms with van der Waals surface area (Å²) in [6, 6.07) is 13.8.